The molecular formula is C14H13N5O3. The Kier molecular flexibility index (Phi) is 2.81. The number of fused-ring (bicyclic) bond motifs is 2. The van der Waals surface area contributed by atoms with E-state index in [0.717, 1.165) is 0 Å². The minimum atomic E-state index is -0.261. The Balaban J connectivity index is 1.62. The topological polar surface area (TPSA) is 84.1 Å². The minimum absolute atomic E-state index is 0.236. The van der Waals surface area contributed by atoms with Gasteiger partial charge in [0.1, 0.15) is 12.9 Å². The molecule has 1 atom stereocenters. The molecule has 8 heteroatoms. The summed E-state index contributed by atoms with van der Waals surface area (Å²) >= 11 is 0. The molecule has 8 nitrogen and oxygen atoms in total. The van der Waals surface area contributed by atoms with Crippen molar-refractivity contribution in [2.75, 3.05) is 6.61 Å². The third-order valence-electron chi connectivity index (χ3n) is 3.55. The maximum absolute atomic E-state index is 12.4. The van der Waals surface area contributed by atoms with Gasteiger partial charge in [-0.2, -0.15) is 0 Å². The monoisotopic (exact) mass is 299 g/mol. The molecule has 3 aromatic rings. The average molecular weight is 299 g/mol. The fourth-order valence-corrected chi connectivity index (χ4v) is 2.45. The first-order valence-corrected chi connectivity index (χ1v) is 6.85. The predicted octanol–water partition coefficient (Wildman–Crippen LogP) is 0.365. The van der Waals surface area contributed by atoms with Crippen LogP contribution < -0.4 is 15.0 Å². The van der Waals surface area contributed by atoms with Crippen LogP contribution in [0, 0.1) is 0 Å². The Morgan fingerprint density at radius 1 is 1.32 bits per heavy atom. The van der Waals surface area contributed by atoms with E-state index < -0.39 is 0 Å². The van der Waals surface area contributed by atoms with Crippen molar-refractivity contribution in [2.24, 2.45) is 7.05 Å². The average Bonchev–Trinajstić information content (AvgIpc) is 2.92. The molecule has 0 fully saturated rings. The minimum Gasteiger partial charge on any atom is -0.486 e. The fraction of sp³-hybridized carbons (Fsp3) is 0.286. The van der Waals surface area contributed by atoms with Crippen molar-refractivity contribution in [3.8, 4) is 11.5 Å². The van der Waals surface area contributed by atoms with Gasteiger partial charge in [0, 0.05) is 7.05 Å². The Morgan fingerprint density at radius 2 is 2.14 bits per heavy atom. The van der Waals surface area contributed by atoms with Crippen LogP contribution >= 0.6 is 0 Å². The number of hydrogen-bond donors (Lipinski definition) is 0. The molecule has 22 heavy (non-hydrogen) atoms. The summed E-state index contributed by atoms with van der Waals surface area (Å²) in [6.45, 7) is 0.717. The van der Waals surface area contributed by atoms with E-state index in [2.05, 4.69) is 15.3 Å². The molecule has 1 aromatic carbocycles. The highest BCUT2D eigenvalue weighted by atomic mass is 16.6. The first kappa shape index (κ1) is 12.8. The van der Waals surface area contributed by atoms with Crippen molar-refractivity contribution >= 4 is 11.2 Å². The second kappa shape index (κ2) is 4.83. The summed E-state index contributed by atoms with van der Waals surface area (Å²) in [5.41, 5.74) is 0.482. The quantitative estimate of drug-likeness (QED) is 0.679. The van der Waals surface area contributed by atoms with Gasteiger partial charge in [-0.25, -0.2) is 9.67 Å². The van der Waals surface area contributed by atoms with Crippen molar-refractivity contribution in [1.82, 2.24) is 24.5 Å². The number of aryl methyl sites for hydroxylation is 1. The Labute approximate surface area is 124 Å². The number of ether oxygens (including phenoxy) is 2. The molecule has 1 aliphatic heterocycles. The Bertz CT molecular complexity index is 901. The van der Waals surface area contributed by atoms with E-state index >= 15 is 0 Å². The molecule has 1 aliphatic rings. The molecule has 3 heterocycles. The molecule has 112 valence electrons. The lowest BCUT2D eigenvalue weighted by Gasteiger charge is -2.26. The molecule has 1 unspecified atom stereocenters. The number of aromatic nitrogens is 5. The molecule has 0 saturated heterocycles. The zero-order chi connectivity index (χ0) is 15.1. The third kappa shape index (κ3) is 2.00. The van der Waals surface area contributed by atoms with Crippen molar-refractivity contribution in [2.45, 2.75) is 12.6 Å². The highest BCUT2D eigenvalue weighted by molar-refractivity contribution is 5.67. The summed E-state index contributed by atoms with van der Waals surface area (Å²) in [5.74, 6) is 1.40. The van der Waals surface area contributed by atoms with Crippen LogP contribution in [0.2, 0.25) is 0 Å². The van der Waals surface area contributed by atoms with Gasteiger partial charge in [-0.15, -0.1) is 5.10 Å². The zero-order valence-corrected chi connectivity index (χ0v) is 11.8. The highest BCUT2D eigenvalue weighted by Crippen LogP contribution is 2.31. The molecule has 0 spiro atoms. The number of benzene rings is 1. The number of nitrogens with zero attached hydrogens (tertiary/aromatic N) is 5. The zero-order valence-electron chi connectivity index (χ0n) is 11.8. The van der Waals surface area contributed by atoms with E-state index in [1.807, 2.05) is 24.3 Å². The lowest BCUT2D eigenvalue weighted by atomic mass is 10.2. The van der Waals surface area contributed by atoms with Gasteiger partial charge >= 0.3 is 0 Å². The fourth-order valence-electron chi connectivity index (χ4n) is 2.45. The third-order valence-corrected chi connectivity index (χ3v) is 3.55. The lowest BCUT2D eigenvalue weighted by molar-refractivity contribution is 0.0777. The standard InChI is InChI=1S/C14H13N5O3/c1-18-13-12(16-17-18)14(20)19(8-15-13)6-9-7-21-10-4-2-3-5-11(10)22-9/h2-5,8-9H,6-7H2,1H3. The Hall–Kier alpha value is -2.90. The first-order valence-electron chi connectivity index (χ1n) is 6.85. The van der Waals surface area contributed by atoms with Crippen molar-refractivity contribution in [1.29, 1.82) is 0 Å². The van der Waals surface area contributed by atoms with Crippen LogP contribution in [0.4, 0.5) is 0 Å². The van der Waals surface area contributed by atoms with Gasteiger partial charge in [0.05, 0.1) is 6.54 Å². The first-order chi connectivity index (χ1) is 10.7. The summed E-state index contributed by atoms with van der Waals surface area (Å²) in [6, 6.07) is 7.46. The molecule has 0 N–H and O–H groups in total. The van der Waals surface area contributed by atoms with Gasteiger partial charge in [-0.3, -0.25) is 9.36 Å². The van der Waals surface area contributed by atoms with Crippen LogP contribution in [0.1, 0.15) is 0 Å². The van der Waals surface area contributed by atoms with Crippen LogP contribution in [0.5, 0.6) is 11.5 Å². The predicted molar refractivity (Wildman–Crippen MR) is 76.9 cm³/mol. The van der Waals surface area contributed by atoms with Gasteiger partial charge in [0.25, 0.3) is 5.56 Å². The van der Waals surface area contributed by atoms with E-state index in [1.54, 1.807) is 7.05 Å². The van der Waals surface area contributed by atoms with E-state index in [0.29, 0.717) is 30.3 Å². The van der Waals surface area contributed by atoms with E-state index in [1.165, 1.54) is 15.6 Å². The number of rotatable bonds is 2. The molecule has 0 amide bonds. The summed E-state index contributed by atoms with van der Waals surface area (Å²) in [6.07, 6.45) is 1.22. The van der Waals surface area contributed by atoms with E-state index in [9.17, 15) is 4.79 Å². The largest absolute Gasteiger partial charge is 0.486 e. The number of para-hydroxylation sites is 2. The summed E-state index contributed by atoms with van der Waals surface area (Å²) in [4.78, 5) is 16.6. The smallest absolute Gasteiger partial charge is 0.283 e. The molecular weight excluding hydrogens is 286 g/mol. The second-order valence-corrected chi connectivity index (χ2v) is 5.08. The molecule has 0 saturated carbocycles. The van der Waals surface area contributed by atoms with Gasteiger partial charge in [0.15, 0.2) is 28.8 Å². The maximum atomic E-state index is 12.4. The van der Waals surface area contributed by atoms with Crippen LogP contribution in [0.3, 0.4) is 0 Å². The normalized spacial score (nSPS) is 16.9. The van der Waals surface area contributed by atoms with Crippen molar-refractivity contribution in [3.63, 3.8) is 0 Å². The van der Waals surface area contributed by atoms with Crippen LogP contribution in [0.25, 0.3) is 11.2 Å². The Morgan fingerprint density at radius 3 is 3.00 bits per heavy atom. The summed E-state index contributed by atoms with van der Waals surface area (Å²) < 4.78 is 14.4. The van der Waals surface area contributed by atoms with E-state index in [-0.39, 0.29) is 17.2 Å². The van der Waals surface area contributed by atoms with Crippen LogP contribution in [0.15, 0.2) is 35.4 Å². The summed E-state index contributed by atoms with van der Waals surface area (Å²) in [7, 11) is 1.70. The molecule has 0 aliphatic carbocycles. The van der Waals surface area contributed by atoms with Crippen LogP contribution in [-0.4, -0.2) is 37.3 Å². The van der Waals surface area contributed by atoms with Gasteiger partial charge in [-0.05, 0) is 12.1 Å². The second-order valence-electron chi connectivity index (χ2n) is 5.08. The highest BCUT2D eigenvalue weighted by Gasteiger charge is 2.22. The molecule has 4 rings (SSSR count). The van der Waals surface area contributed by atoms with Gasteiger partial charge in [0.2, 0.25) is 0 Å². The molecule has 0 radical (unpaired) electrons. The van der Waals surface area contributed by atoms with Crippen molar-refractivity contribution in [3.05, 3.63) is 40.9 Å². The van der Waals surface area contributed by atoms with Crippen LogP contribution in [-0.2, 0) is 13.6 Å². The SMILES string of the molecule is Cn1nnc2c(=O)n(CC3COc4ccccc4O3)cnc21. The van der Waals surface area contributed by atoms with Crippen molar-refractivity contribution < 1.29 is 9.47 Å². The van der Waals surface area contributed by atoms with E-state index in [4.69, 9.17) is 9.47 Å². The molecule has 0 bridgehead atoms. The molecule has 2 aromatic heterocycles. The maximum Gasteiger partial charge on any atom is 0.283 e. The lowest BCUT2D eigenvalue weighted by Crippen LogP contribution is -2.36. The number of hydrogen-bond acceptors (Lipinski definition) is 6. The summed E-state index contributed by atoms with van der Waals surface area (Å²) in [5, 5.41) is 7.66. The van der Waals surface area contributed by atoms with Gasteiger partial charge in [-0.1, -0.05) is 17.3 Å². The van der Waals surface area contributed by atoms with Gasteiger partial charge < -0.3 is 9.47 Å².